The van der Waals surface area contributed by atoms with Crippen LogP contribution in [-0.2, 0) is 19.1 Å². The maximum absolute atomic E-state index is 12.2. The molecule has 1 amide bonds. The Hall–Kier alpha value is -1.43. The molecule has 0 bridgehead atoms. The summed E-state index contributed by atoms with van der Waals surface area (Å²) in [6, 6.07) is -0.536. The van der Waals surface area contributed by atoms with Gasteiger partial charge < -0.3 is 15.2 Å². The third-order valence-electron chi connectivity index (χ3n) is 6.44. The molecule has 1 rings (SSSR count). The minimum Gasteiger partial charge on any atom is -0.465 e. The van der Waals surface area contributed by atoms with Crippen LogP contribution in [0, 0.1) is 5.92 Å². The Balaban J connectivity index is 1.88. The third kappa shape index (κ3) is 13.2. The quantitative estimate of drug-likeness (QED) is 0.149. The Kier molecular flexibility index (Phi) is 16.1. The number of rotatable bonds is 20. The zero-order chi connectivity index (χ0) is 23.6. The number of carbonyl (C=O) groups excluding carboxylic acids is 3. The molecule has 1 saturated heterocycles. The van der Waals surface area contributed by atoms with E-state index in [0.29, 0.717) is 19.4 Å². The number of hydrogen-bond acceptors (Lipinski definition) is 5. The summed E-state index contributed by atoms with van der Waals surface area (Å²) in [5, 5.41) is 12.6. The maximum atomic E-state index is 12.2. The van der Waals surface area contributed by atoms with E-state index in [1.54, 1.807) is 6.92 Å². The van der Waals surface area contributed by atoms with Gasteiger partial charge in [0.25, 0.3) is 0 Å². The average molecular weight is 454 g/mol. The summed E-state index contributed by atoms with van der Waals surface area (Å²) in [6.45, 7) is 4.12. The fourth-order valence-electron chi connectivity index (χ4n) is 4.21. The summed E-state index contributed by atoms with van der Waals surface area (Å²) >= 11 is 0. The first-order chi connectivity index (χ1) is 15.5. The van der Waals surface area contributed by atoms with Gasteiger partial charge in [0.2, 0.25) is 5.91 Å². The highest BCUT2D eigenvalue weighted by Gasteiger charge is 2.34. The summed E-state index contributed by atoms with van der Waals surface area (Å²) < 4.78 is 5.25. The molecular formula is C26H47NO5. The van der Waals surface area contributed by atoms with E-state index in [1.807, 2.05) is 0 Å². The second kappa shape index (κ2) is 18.0. The largest absolute Gasteiger partial charge is 0.465 e. The number of aliphatic hydroxyl groups excluding tert-OH is 1. The Morgan fingerprint density at radius 2 is 1.47 bits per heavy atom. The van der Waals surface area contributed by atoms with Crippen LogP contribution >= 0.6 is 0 Å². The number of carbonyl (C=O) groups is 3. The molecule has 0 radical (unpaired) electrons. The lowest BCUT2D eigenvalue weighted by atomic mass is 9.99. The standard InChI is InChI=1S/C26H47NO5/c1-3-4-5-13-16-22(28)17-14-11-9-7-6-8-10-12-15-20-32-26(31)21(2)25(30)23-18-19-24(29)27-23/h21-23,28H,3-20H2,1-2H3,(H,27,29)/t21?,22?,23-/m0/s1. The molecule has 3 atom stereocenters. The van der Waals surface area contributed by atoms with Crippen molar-refractivity contribution >= 4 is 17.7 Å². The zero-order valence-electron chi connectivity index (χ0n) is 20.5. The first kappa shape index (κ1) is 28.6. The molecule has 0 aliphatic carbocycles. The Morgan fingerprint density at radius 1 is 0.938 bits per heavy atom. The van der Waals surface area contributed by atoms with Gasteiger partial charge in [0.05, 0.1) is 18.8 Å². The molecule has 1 aliphatic heterocycles. The number of hydrogen-bond donors (Lipinski definition) is 2. The van der Waals surface area contributed by atoms with E-state index in [4.69, 9.17) is 4.74 Å². The summed E-state index contributed by atoms with van der Waals surface area (Å²) in [5.74, 6) is -1.68. The summed E-state index contributed by atoms with van der Waals surface area (Å²) in [5.41, 5.74) is 0. The average Bonchev–Trinajstić information content (AvgIpc) is 3.22. The number of ether oxygens (including phenoxy) is 1. The summed E-state index contributed by atoms with van der Waals surface area (Å²) in [6.07, 6.45) is 17.8. The molecule has 1 aliphatic rings. The molecule has 0 aromatic rings. The molecule has 0 aromatic heterocycles. The van der Waals surface area contributed by atoms with Crippen molar-refractivity contribution in [1.82, 2.24) is 5.32 Å². The van der Waals surface area contributed by atoms with Crippen LogP contribution in [0.25, 0.3) is 0 Å². The van der Waals surface area contributed by atoms with Gasteiger partial charge in [0, 0.05) is 6.42 Å². The molecule has 186 valence electrons. The highest BCUT2D eigenvalue weighted by molar-refractivity contribution is 6.03. The lowest BCUT2D eigenvalue weighted by Crippen LogP contribution is -2.39. The normalized spacial score (nSPS) is 17.7. The van der Waals surface area contributed by atoms with Gasteiger partial charge >= 0.3 is 5.97 Å². The smallest absolute Gasteiger partial charge is 0.316 e. The number of nitrogens with one attached hydrogen (secondary N) is 1. The molecule has 32 heavy (non-hydrogen) atoms. The molecule has 1 fully saturated rings. The minimum atomic E-state index is -0.819. The predicted molar refractivity (Wildman–Crippen MR) is 127 cm³/mol. The van der Waals surface area contributed by atoms with Gasteiger partial charge in [-0.25, -0.2) is 0 Å². The van der Waals surface area contributed by atoms with Gasteiger partial charge in [-0.1, -0.05) is 84.0 Å². The van der Waals surface area contributed by atoms with Crippen LogP contribution in [0.15, 0.2) is 0 Å². The Morgan fingerprint density at radius 3 is 2.00 bits per heavy atom. The second-order valence-corrected chi connectivity index (χ2v) is 9.42. The van der Waals surface area contributed by atoms with Gasteiger partial charge in [0.15, 0.2) is 5.78 Å². The molecule has 2 unspecified atom stereocenters. The molecule has 0 saturated carbocycles. The molecule has 0 aromatic carbocycles. The summed E-state index contributed by atoms with van der Waals surface area (Å²) in [4.78, 5) is 35.5. The lowest BCUT2D eigenvalue weighted by Gasteiger charge is -2.14. The van der Waals surface area contributed by atoms with E-state index in [0.717, 1.165) is 44.9 Å². The predicted octanol–water partition coefficient (Wildman–Crippen LogP) is 5.25. The van der Waals surface area contributed by atoms with Crippen molar-refractivity contribution in [2.75, 3.05) is 6.61 Å². The number of amides is 1. The monoisotopic (exact) mass is 453 g/mol. The first-order valence-electron chi connectivity index (χ1n) is 13.1. The van der Waals surface area contributed by atoms with Gasteiger partial charge in [-0.05, 0) is 32.6 Å². The van der Waals surface area contributed by atoms with Crippen LogP contribution in [0.5, 0.6) is 0 Å². The van der Waals surface area contributed by atoms with Gasteiger partial charge in [-0.3, -0.25) is 14.4 Å². The SMILES string of the molecule is CCCCCCC(O)CCCCCCCCCCCOC(=O)C(C)C(=O)[C@@H]1CCC(=O)N1. The van der Waals surface area contributed by atoms with Crippen LogP contribution in [0.4, 0.5) is 0 Å². The highest BCUT2D eigenvalue weighted by Crippen LogP contribution is 2.15. The topological polar surface area (TPSA) is 92.7 Å². The first-order valence-corrected chi connectivity index (χ1v) is 13.1. The van der Waals surface area contributed by atoms with Crippen molar-refractivity contribution in [3.63, 3.8) is 0 Å². The third-order valence-corrected chi connectivity index (χ3v) is 6.44. The van der Waals surface area contributed by atoms with Crippen LogP contribution in [0.3, 0.4) is 0 Å². The van der Waals surface area contributed by atoms with E-state index < -0.39 is 17.9 Å². The molecule has 1 heterocycles. The lowest BCUT2D eigenvalue weighted by molar-refractivity contribution is -0.152. The van der Waals surface area contributed by atoms with Crippen molar-refractivity contribution in [2.45, 2.75) is 135 Å². The fraction of sp³-hybridized carbons (Fsp3) is 0.885. The Bertz CT molecular complexity index is 536. The van der Waals surface area contributed by atoms with E-state index in [9.17, 15) is 19.5 Å². The van der Waals surface area contributed by atoms with Crippen molar-refractivity contribution in [3.8, 4) is 0 Å². The molecular weight excluding hydrogens is 406 g/mol. The molecule has 2 N–H and O–H groups in total. The van der Waals surface area contributed by atoms with Gasteiger partial charge in [-0.15, -0.1) is 0 Å². The van der Waals surface area contributed by atoms with E-state index in [-0.39, 0.29) is 17.8 Å². The van der Waals surface area contributed by atoms with Gasteiger partial charge in [-0.2, -0.15) is 0 Å². The highest BCUT2D eigenvalue weighted by atomic mass is 16.5. The van der Waals surface area contributed by atoms with E-state index >= 15 is 0 Å². The van der Waals surface area contributed by atoms with Crippen LogP contribution < -0.4 is 5.32 Å². The minimum absolute atomic E-state index is 0.106. The van der Waals surface area contributed by atoms with E-state index in [1.165, 1.54) is 51.4 Å². The maximum Gasteiger partial charge on any atom is 0.316 e. The number of Topliss-reactive ketones (excluding diaryl/α,β-unsaturated/α-hetero) is 1. The molecule has 6 nitrogen and oxygen atoms in total. The van der Waals surface area contributed by atoms with Crippen LogP contribution in [0.1, 0.15) is 123 Å². The number of ketones is 1. The molecule has 0 spiro atoms. The number of aliphatic hydroxyl groups is 1. The van der Waals surface area contributed by atoms with Crippen molar-refractivity contribution in [2.24, 2.45) is 5.92 Å². The fourth-order valence-corrected chi connectivity index (χ4v) is 4.21. The van der Waals surface area contributed by atoms with Crippen molar-refractivity contribution < 1.29 is 24.2 Å². The van der Waals surface area contributed by atoms with Crippen LogP contribution in [-0.4, -0.2) is 41.5 Å². The number of esters is 1. The van der Waals surface area contributed by atoms with E-state index in [2.05, 4.69) is 12.2 Å². The second-order valence-electron chi connectivity index (χ2n) is 9.42. The Labute approximate surface area is 195 Å². The number of unbranched alkanes of at least 4 members (excludes halogenated alkanes) is 11. The zero-order valence-corrected chi connectivity index (χ0v) is 20.5. The summed E-state index contributed by atoms with van der Waals surface area (Å²) in [7, 11) is 0. The van der Waals surface area contributed by atoms with Crippen LogP contribution in [0.2, 0.25) is 0 Å². The molecule has 6 heteroatoms. The van der Waals surface area contributed by atoms with Crippen molar-refractivity contribution in [3.05, 3.63) is 0 Å². The van der Waals surface area contributed by atoms with Crippen molar-refractivity contribution in [1.29, 1.82) is 0 Å². The van der Waals surface area contributed by atoms with Gasteiger partial charge in [0.1, 0.15) is 5.92 Å².